The molecule has 1 aliphatic rings. The van der Waals surface area contributed by atoms with Crippen LogP contribution < -0.4 is 15.8 Å². The summed E-state index contributed by atoms with van der Waals surface area (Å²) in [7, 11) is 5.08. The molecule has 0 spiro atoms. The molecule has 1 aromatic rings. The van der Waals surface area contributed by atoms with Crippen LogP contribution in [-0.2, 0) is 9.53 Å². The number of nitrogens with one attached hydrogen (secondary N) is 1. The molecule has 0 radical (unpaired) electrons. The van der Waals surface area contributed by atoms with Crippen LogP contribution in [0.25, 0.3) is 0 Å². The molecule has 23 heavy (non-hydrogen) atoms. The van der Waals surface area contributed by atoms with Gasteiger partial charge < -0.3 is 25.4 Å². The van der Waals surface area contributed by atoms with Crippen LogP contribution >= 0.6 is 0 Å². The fraction of sp³-hybridized carbons (Fsp3) is 0.500. The highest BCUT2D eigenvalue weighted by atomic mass is 16.5. The molecular formula is C16H24N4O3. The highest BCUT2D eigenvalue weighted by Gasteiger charge is 2.31. The molecular weight excluding hydrogens is 296 g/mol. The first-order chi connectivity index (χ1) is 11.0. The number of rotatable bonds is 5. The lowest BCUT2D eigenvalue weighted by Gasteiger charge is -2.16. The van der Waals surface area contributed by atoms with E-state index in [4.69, 9.17) is 15.2 Å². The molecule has 2 rings (SSSR count). The van der Waals surface area contributed by atoms with Crippen LogP contribution in [0.15, 0.2) is 29.3 Å². The number of methoxy groups -OCH3 is 1. The number of nitrogens with two attached hydrogens (primary N) is 1. The Balaban J connectivity index is 1.82. The van der Waals surface area contributed by atoms with Gasteiger partial charge in [0.2, 0.25) is 0 Å². The number of likely N-dealkylation sites (N-methyl/N-ethyl adjacent to an activating group) is 1. The van der Waals surface area contributed by atoms with E-state index in [9.17, 15) is 4.79 Å². The molecule has 0 bridgehead atoms. The van der Waals surface area contributed by atoms with Gasteiger partial charge in [0.25, 0.3) is 5.91 Å². The van der Waals surface area contributed by atoms with Crippen LogP contribution in [0.4, 0.5) is 5.69 Å². The molecule has 1 aliphatic heterocycles. The SMILES string of the molecule is COc1ccc(NC(N)=NCC2CCC(C(=O)N(C)C)O2)cc1. The molecule has 126 valence electrons. The van der Waals surface area contributed by atoms with Gasteiger partial charge in [0.05, 0.1) is 19.8 Å². The van der Waals surface area contributed by atoms with Gasteiger partial charge in [0.1, 0.15) is 11.9 Å². The third-order valence-corrected chi connectivity index (χ3v) is 3.65. The molecule has 1 fully saturated rings. The van der Waals surface area contributed by atoms with Gasteiger partial charge in [0.15, 0.2) is 5.96 Å². The lowest BCUT2D eigenvalue weighted by atomic mass is 10.2. The van der Waals surface area contributed by atoms with Crippen LogP contribution in [0.5, 0.6) is 5.75 Å². The summed E-state index contributed by atoms with van der Waals surface area (Å²) in [6, 6.07) is 7.40. The zero-order chi connectivity index (χ0) is 16.8. The van der Waals surface area contributed by atoms with E-state index in [-0.39, 0.29) is 18.1 Å². The maximum absolute atomic E-state index is 11.8. The molecule has 2 atom stereocenters. The summed E-state index contributed by atoms with van der Waals surface area (Å²) in [5.41, 5.74) is 6.71. The van der Waals surface area contributed by atoms with Crippen molar-refractivity contribution in [1.82, 2.24) is 4.90 Å². The fourth-order valence-electron chi connectivity index (χ4n) is 2.37. The quantitative estimate of drug-likeness (QED) is 0.625. The van der Waals surface area contributed by atoms with Crippen molar-refractivity contribution in [3.05, 3.63) is 24.3 Å². The van der Waals surface area contributed by atoms with Crippen LogP contribution in [-0.4, -0.2) is 56.7 Å². The molecule has 1 heterocycles. The Hall–Kier alpha value is -2.28. The van der Waals surface area contributed by atoms with Crippen LogP contribution in [0.3, 0.4) is 0 Å². The summed E-state index contributed by atoms with van der Waals surface area (Å²) in [5, 5.41) is 3.01. The number of ether oxygens (including phenoxy) is 2. The zero-order valence-electron chi connectivity index (χ0n) is 13.8. The van der Waals surface area contributed by atoms with E-state index >= 15 is 0 Å². The number of carbonyl (C=O) groups excluding carboxylic acids is 1. The summed E-state index contributed by atoms with van der Waals surface area (Å²) >= 11 is 0. The minimum Gasteiger partial charge on any atom is -0.497 e. The van der Waals surface area contributed by atoms with Gasteiger partial charge in [-0.05, 0) is 37.1 Å². The van der Waals surface area contributed by atoms with E-state index in [1.165, 1.54) is 0 Å². The molecule has 3 N–H and O–H groups in total. The average Bonchev–Trinajstić information content (AvgIpc) is 3.01. The number of carbonyl (C=O) groups is 1. The van der Waals surface area contributed by atoms with Crippen molar-refractivity contribution in [1.29, 1.82) is 0 Å². The van der Waals surface area contributed by atoms with E-state index in [1.807, 2.05) is 24.3 Å². The first-order valence-electron chi connectivity index (χ1n) is 7.57. The molecule has 1 amide bonds. The number of nitrogens with zero attached hydrogens (tertiary/aromatic N) is 2. The van der Waals surface area contributed by atoms with Crippen molar-refractivity contribution in [3.63, 3.8) is 0 Å². The molecule has 7 heteroatoms. The second-order valence-electron chi connectivity index (χ2n) is 5.64. The normalized spacial score (nSPS) is 21.1. The van der Waals surface area contributed by atoms with Gasteiger partial charge in [-0.1, -0.05) is 0 Å². The smallest absolute Gasteiger partial charge is 0.251 e. The fourth-order valence-corrected chi connectivity index (χ4v) is 2.37. The minimum atomic E-state index is -0.360. The summed E-state index contributed by atoms with van der Waals surface area (Å²) in [6.45, 7) is 0.437. The van der Waals surface area contributed by atoms with Crippen LogP contribution in [0.1, 0.15) is 12.8 Å². The Morgan fingerprint density at radius 2 is 2.09 bits per heavy atom. The number of amides is 1. The van der Waals surface area contributed by atoms with Crippen LogP contribution in [0.2, 0.25) is 0 Å². The summed E-state index contributed by atoms with van der Waals surface area (Å²) in [5.74, 6) is 1.10. The molecule has 7 nitrogen and oxygen atoms in total. The van der Waals surface area contributed by atoms with E-state index < -0.39 is 0 Å². The number of hydrogen-bond donors (Lipinski definition) is 2. The third-order valence-electron chi connectivity index (χ3n) is 3.65. The molecule has 0 aliphatic carbocycles. The Morgan fingerprint density at radius 3 is 2.70 bits per heavy atom. The largest absolute Gasteiger partial charge is 0.497 e. The number of hydrogen-bond acceptors (Lipinski definition) is 4. The number of aliphatic imine (C=N–C) groups is 1. The van der Waals surface area contributed by atoms with Gasteiger partial charge >= 0.3 is 0 Å². The summed E-state index contributed by atoms with van der Waals surface area (Å²) in [6.07, 6.45) is 1.10. The molecule has 1 aromatic carbocycles. The number of guanidine groups is 1. The Bertz CT molecular complexity index is 557. The average molecular weight is 320 g/mol. The van der Waals surface area contributed by atoms with Gasteiger partial charge in [-0.3, -0.25) is 9.79 Å². The van der Waals surface area contributed by atoms with Gasteiger partial charge in [-0.15, -0.1) is 0 Å². The predicted molar refractivity (Wildman–Crippen MR) is 89.7 cm³/mol. The van der Waals surface area contributed by atoms with E-state index in [0.29, 0.717) is 12.5 Å². The van der Waals surface area contributed by atoms with Gasteiger partial charge in [0, 0.05) is 19.8 Å². The van der Waals surface area contributed by atoms with E-state index in [0.717, 1.165) is 24.3 Å². The third kappa shape index (κ3) is 4.85. The number of benzene rings is 1. The second kappa shape index (κ2) is 7.82. The van der Waals surface area contributed by atoms with Crippen LogP contribution in [0, 0.1) is 0 Å². The van der Waals surface area contributed by atoms with Crippen molar-refractivity contribution in [2.24, 2.45) is 10.7 Å². The van der Waals surface area contributed by atoms with Gasteiger partial charge in [-0.25, -0.2) is 0 Å². The van der Waals surface area contributed by atoms with Crippen molar-refractivity contribution in [3.8, 4) is 5.75 Å². The molecule has 0 saturated carbocycles. The van der Waals surface area contributed by atoms with E-state index in [2.05, 4.69) is 10.3 Å². The Morgan fingerprint density at radius 1 is 1.39 bits per heavy atom. The van der Waals surface area contributed by atoms with Crippen molar-refractivity contribution in [2.45, 2.75) is 25.0 Å². The monoisotopic (exact) mass is 320 g/mol. The van der Waals surface area contributed by atoms with Gasteiger partial charge in [-0.2, -0.15) is 0 Å². The topological polar surface area (TPSA) is 89.2 Å². The molecule has 0 aromatic heterocycles. The maximum atomic E-state index is 11.8. The Labute approximate surface area is 136 Å². The van der Waals surface area contributed by atoms with Crippen molar-refractivity contribution >= 4 is 17.6 Å². The first-order valence-corrected chi connectivity index (χ1v) is 7.57. The molecule has 1 saturated heterocycles. The van der Waals surface area contributed by atoms with E-state index in [1.54, 1.807) is 26.1 Å². The number of anilines is 1. The lowest BCUT2D eigenvalue weighted by Crippen LogP contribution is -2.34. The highest BCUT2D eigenvalue weighted by Crippen LogP contribution is 2.21. The maximum Gasteiger partial charge on any atom is 0.251 e. The first kappa shape index (κ1) is 17.1. The van der Waals surface area contributed by atoms with Crippen molar-refractivity contribution in [2.75, 3.05) is 33.1 Å². The Kier molecular flexibility index (Phi) is 5.81. The summed E-state index contributed by atoms with van der Waals surface area (Å²) in [4.78, 5) is 17.7. The standard InChI is InChI=1S/C16H24N4O3/c1-20(2)15(21)14-9-8-13(23-14)10-18-16(17)19-11-4-6-12(22-3)7-5-11/h4-7,13-14H,8-10H2,1-3H3,(H3,17,18,19). The molecule has 2 unspecified atom stereocenters. The van der Waals surface area contributed by atoms with Crippen molar-refractivity contribution < 1.29 is 14.3 Å². The second-order valence-corrected chi connectivity index (χ2v) is 5.64. The highest BCUT2D eigenvalue weighted by molar-refractivity contribution is 5.92. The summed E-state index contributed by atoms with van der Waals surface area (Å²) < 4.78 is 10.8. The zero-order valence-corrected chi connectivity index (χ0v) is 13.8. The minimum absolute atomic E-state index is 0.000749. The lowest BCUT2D eigenvalue weighted by molar-refractivity contribution is -0.140. The predicted octanol–water partition coefficient (Wildman–Crippen LogP) is 1.06.